The highest BCUT2D eigenvalue weighted by Gasteiger charge is 2.25. The predicted molar refractivity (Wildman–Crippen MR) is 81.3 cm³/mol. The molecular weight excluding hydrogens is 358 g/mol. The van der Waals surface area contributed by atoms with Crippen molar-refractivity contribution < 1.29 is 5.11 Å². The fourth-order valence-corrected chi connectivity index (χ4v) is 3.71. The number of nitrogens with zero attached hydrogens (tertiary/aromatic N) is 1. The van der Waals surface area contributed by atoms with Gasteiger partial charge in [-0.05, 0) is 43.0 Å². The summed E-state index contributed by atoms with van der Waals surface area (Å²) in [4.78, 5) is 0. The van der Waals surface area contributed by atoms with Gasteiger partial charge in [0.25, 0.3) is 0 Å². The number of rotatable bonds is 2. The maximum atomic E-state index is 10.3. The van der Waals surface area contributed by atoms with Gasteiger partial charge in [0.2, 0.25) is 0 Å². The van der Waals surface area contributed by atoms with E-state index in [0.29, 0.717) is 0 Å². The third-order valence-electron chi connectivity index (χ3n) is 3.70. The summed E-state index contributed by atoms with van der Waals surface area (Å²) in [6, 6.07) is 6.40. The fraction of sp³-hybridized carbons (Fsp3) is 0.429. The average molecular weight is 373 g/mol. The Morgan fingerprint density at radius 1 is 1.39 bits per heavy atom. The summed E-state index contributed by atoms with van der Waals surface area (Å²) >= 11 is 7.05. The number of benzene rings is 1. The standard InChI is InChI=1S/C14H15Br2NO/c15-6-7-17-12-5-4-9(16)8-11(12)10-2-1-3-13(18)14(10)17/h4-5,8,13,18H,1-3,6-7H2/t13-/m1/s1. The highest BCUT2D eigenvalue weighted by atomic mass is 79.9. The summed E-state index contributed by atoms with van der Waals surface area (Å²) in [7, 11) is 0. The second-order valence-electron chi connectivity index (χ2n) is 4.77. The summed E-state index contributed by atoms with van der Waals surface area (Å²) in [6.07, 6.45) is 2.73. The summed E-state index contributed by atoms with van der Waals surface area (Å²) < 4.78 is 3.38. The summed E-state index contributed by atoms with van der Waals surface area (Å²) in [5, 5.41) is 12.5. The van der Waals surface area contributed by atoms with E-state index in [9.17, 15) is 5.11 Å². The van der Waals surface area contributed by atoms with Gasteiger partial charge in [-0.15, -0.1) is 0 Å². The Morgan fingerprint density at radius 3 is 3.00 bits per heavy atom. The van der Waals surface area contributed by atoms with Crippen molar-refractivity contribution in [2.75, 3.05) is 5.33 Å². The van der Waals surface area contributed by atoms with Gasteiger partial charge >= 0.3 is 0 Å². The van der Waals surface area contributed by atoms with Crippen molar-refractivity contribution >= 4 is 42.8 Å². The van der Waals surface area contributed by atoms with E-state index in [4.69, 9.17) is 0 Å². The van der Waals surface area contributed by atoms with Gasteiger partial charge in [-0.2, -0.15) is 0 Å². The van der Waals surface area contributed by atoms with Crippen molar-refractivity contribution in [1.29, 1.82) is 0 Å². The first kappa shape index (κ1) is 12.7. The van der Waals surface area contributed by atoms with E-state index in [0.717, 1.165) is 41.3 Å². The molecule has 1 aromatic carbocycles. The molecule has 18 heavy (non-hydrogen) atoms. The zero-order valence-electron chi connectivity index (χ0n) is 10.00. The molecule has 2 nitrogen and oxygen atoms in total. The largest absolute Gasteiger partial charge is 0.387 e. The number of halogens is 2. The van der Waals surface area contributed by atoms with Crippen molar-refractivity contribution in [2.45, 2.75) is 31.9 Å². The first-order valence-electron chi connectivity index (χ1n) is 6.27. The molecule has 1 aromatic heterocycles. The molecule has 3 rings (SSSR count). The molecule has 0 amide bonds. The number of fused-ring (bicyclic) bond motifs is 3. The van der Waals surface area contributed by atoms with Gasteiger partial charge in [0.05, 0.1) is 11.8 Å². The van der Waals surface area contributed by atoms with E-state index in [1.807, 2.05) is 0 Å². The number of alkyl halides is 1. The third kappa shape index (κ3) is 1.95. The molecule has 0 radical (unpaired) electrons. The summed E-state index contributed by atoms with van der Waals surface area (Å²) in [5.41, 5.74) is 3.71. The Bertz CT molecular complexity index is 591. The van der Waals surface area contributed by atoms with Gasteiger partial charge in [-0.1, -0.05) is 31.9 Å². The quantitative estimate of drug-likeness (QED) is 0.786. The van der Waals surface area contributed by atoms with E-state index in [1.54, 1.807) is 0 Å². The van der Waals surface area contributed by atoms with Crippen LogP contribution in [0.25, 0.3) is 10.9 Å². The van der Waals surface area contributed by atoms with Gasteiger partial charge in [0.1, 0.15) is 0 Å². The van der Waals surface area contributed by atoms with Crippen LogP contribution in [0.15, 0.2) is 22.7 Å². The molecule has 0 spiro atoms. The van der Waals surface area contributed by atoms with E-state index in [1.165, 1.54) is 16.5 Å². The predicted octanol–water partition coefficient (Wildman–Crippen LogP) is 4.17. The molecule has 4 heteroatoms. The number of aliphatic hydroxyl groups is 1. The topological polar surface area (TPSA) is 25.2 Å². The van der Waals surface area contributed by atoms with E-state index in [2.05, 4.69) is 54.6 Å². The Balaban J connectivity index is 2.32. The van der Waals surface area contributed by atoms with Gasteiger partial charge in [0, 0.05) is 27.3 Å². The Labute approximate surface area is 123 Å². The number of hydrogen-bond donors (Lipinski definition) is 1. The lowest BCUT2D eigenvalue weighted by atomic mass is 9.93. The maximum absolute atomic E-state index is 10.3. The minimum Gasteiger partial charge on any atom is -0.387 e. The lowest BCUT2D eigenvalue weighted by Gasteiger charge is -2.21. The zero-order chi connectivity index (χ0) is 12.7. The smallest absolute Gasteiger partial charge is 0.0943 e. The van der Waals surface area contributed by atoms with Crippen LogP contribution in [0.4, 0.5) is 0 Å². The van der Waals surface area contributed by atoms with E-state index >= 15 is 0 Å². The minimum absolute atomic E-state index is 0.307. The molecule has 0 saturated heterocycles. The average Bonchev–Trinajstić information content (AvgIpc) is 2.66. The number of aliphatic hydroxyl groups excluding tert-OH is 1. The summed E-state index contributed by atoms with van der Waals surface area (Å²) in [6.45, 7) is 0.907. The molecule has 2 aromatic rings. The van der Waals surface area contributed by atoms with Crippen LogP contribution in [0, 0.1) is 0 Å². The highest BCUT2D eigenvalue weighted by Crippen LogP contribution is 2.38. The van der Waals surface area contributed by atoms with Gasteiger partial charge in [-0.25, -0.2) is 0 Å². The molecule has 1 aliphatic rings. The Kier molecular flexibility index (Phi) is 3.52. The van der Waals surface area contributed by atoms with Gasteiger partial charge < -0.3 is 9.67 Å². The van der Waals surface area contributed by atoms with Crippen LogP contribution >= 0.6 is 31.9 Å². The second-order valence-corrected chi connectivity index (χ2v) is 6.48. The molecule has 1 aliphatic carbocycles. The molecule has 0 aliphatic heterocycles. The molecule has 0 unspecified atom stereocenters. The van der Waals surface area contributed by atoms with E-state index in [-0.39, 0.29) is 6.10 Å². The molecular formula is C14H15Br2NO. The summed E-state index contributed by atoms with van der Waals surface area (Å²) in [5.74, 6) is 0. The van der Waals surface area contributed by atoms with Crippen LogP contribution in [0.1, 0.15) is 30.2 Å². The molecule has 96 valence electrons. The molecule has 1 atom stereocenters. The van der Waals surface area contributed by atoms with Crippen molar-refractivity contribution in [3.8, 4) is 0 Å². The van der Waals surface area contributed by atoms with Crippen LogP contribution in [-0.4, -0.2) is 15.0 Å². The monoisotopic (exact) mass is 371 g/mol. The SMILES string of the molecule is O[C@@H]1CCCc2c1n(CCBr)c1ccc(Br)cc21. The normalized spacial score (nSPS) is 19.2. The molecule has 1 heterocycles. The van der Waals surface area contributed by atoms with Crippen molar-refractivity contribution in [3.63, 3.8) is 0 Å². The zero-order valence-corrected chi connectivity index (χ0v) is 13.2. The van der Waals surface area contributed by atoms with Crippen LogP contribution in [-0.2, 0) is 13.0 Å². The maximum Gasteiger partial charge on any atom is 0.0943 e. The van der Waals surface area contributed by atoms with Crippen molar-refractivity contribution in [3.05, 3.63) is 33.9 Å². The first-order valence-corrected chi connectivity index (χ1v) is 8.18. The fourth-order valence-electron chi connectivity index (χ4n) is 2.99. The number of aryl methyl sites for hydroxylation is 2. The molecule has 0 fully saturated rings. The van der Waals surface area contributed by atoms with Crippen LogP contribution in [0.3, 0.4) is 0 Å². The van der Waals surface area contributed by atoms with E-state index < -0.39 is 0 Å². The molecule has 0 bridgehead atoms. The third-order valence-corrected chi connectivity index (χ3v) is 4.55. The molecule has 1 N–H and O–H groups in total. The Morgan fingerprint density at radius 2 is 2.22 bits per heavy atom. The van der Waals surface area contributed by atoms with Crippen LogP contribution in [0.2, 0.25) is 0 Å². The molecule has 0 saturated carbocycles. The Hall–Kier alpha value is -0.320. The lowest BCUT2D eigenvalue weighted by Crippen LogP contribution is -2.14. The van der Waals surface area contributed by atoms with Crippen LogP contribution in [0.5, 0.6) is 0 Å². The number of aromatic nitrogens is 1. The first-order chi connectivity index (χ1) is 8.72. The highest BCUT2D eigenvalue weighted by molar-refractivity contribution is 9.10. The van der Waals surface area contributed by atoms with Crippen molar-refractivity contribution in [2.24, 2.45) is 0 Å². The van der Waals surface area contributed by atoms with Crippen LogP contribution < -0.4 is 0 Å². The van der Waals surface area contributed by atoms with Crippen molar-refractivity contribution in [1.82, 2.24) is 4.57 Å². The minimum atomic E-state index is -0.307. The van der Waals surface area contributed by atoms with Gasteiger partial charge in [-0.3, -0.25) is 0 Å². The number of hydrogen-bond acceptors (Lipinski definition) is 1. The lowest BCUT2D eigenvalue weighted by molar-refractivity contribution is 0.148. The second kappa shape index (κ2) is 4.99. The van der Waals surface area contributed by atoms with Gasteiger partial charge in [0.15, 0.2) is 0 Å².